The van der Waals surface area contributed by atoms with E-state index < -0.39 is 5.97 Å². The van der Waals surface area contributed by atoms with Crippen LogP contribution in [0.25, 0.3) is 0 Å². The second-order valence-corrected chi connectivity index (χ2v) is 4.27. The van der Waals surface area contributed by atoms with Gasteiger partial charge in [0.25, 0.3) is 0 Å². The lowest BCUT2D eigenvalue weighted by molar-refractivity contribution is 0.0473. The standard InChI is InChI=1S/C15H13N3O2/c16-8-10-1-3-11(4-2-10)9-20-15(19)12-5-13(17)7-14(18)6-12/h1-7H,9,17-18H2. The molecule has 0 saturated carbocycles. The van der Waals surface area contributed by atoms with Gasteiger partial charge < -0.3 is 16.2 Å². The van der Waals surface area contributed by atoms with E-state index in [-0.39, 0.29) is 6.61 Å². The van der Waals surface area contributed by atoms with E-state index in [9.17, 15) is 4.79 Å². The van der Waals surface area contributed by atoms with E-state index in [0.717, 1.165) is 5.56 Å². The molecule has 2 rings (SSSR count). The summed E-state index contributed by atoms with van der Waals surface area (Å²) in [4.78, 5) is 11.9. The molecule has 0 aliphatic carbocycles. The molecule has 0 heterocycles. The van der Waals surface area contributed by atoms with Crippen LogP contribution in [0.1, 0.15) is 21.5 Å². The number of ether oxygens (including phenoxy) is 1. The number of hydrogen-bond acceptors (Lipinski definition) is 5. The van der Waals surface area contributed by atoms with Gasteiger partial charge in [0.15, 0.2) is 0 Å². The first-order valence-corrected chi connectivity index (χ1v) is 5.90. The highest BCUT2D eigenvalue weighted by Crippen LogP contribution is 2.15. The summed E-state index contributed by atoms with van der Waals surface area (Å²) in [6.07, 6.45) is 0. The molecule has 2 aromatic rings. The largest absolute Gasteiger partial charge is 0.457 e. The molecule has 5 heteroatoms. The minimum Gasteiger partial charge on any atom is -0.457 e. The predicted molar refractivity (Wildman–Crippen MR) is 75.5 cm³/mol. The van der Waals surface area contributed by atoms with E-state index in [1.54, 1.807) is 30.3 Å². The Morgan fingerprint density at radius 3 is 2.25 bits per heavy atom. The SMILES string of the molecule is N#Cc1ccc(COC(=O)c2cc(N)cc(N)c2)cc1. The van der Waals surface area contributed by atoms with Crippen LogP contribution in [-0.4, -0.2) is 5.97 Å². The highest BCUT2D eigenvalue weighted by atomic mass is 16.5. The molecule has 0 aliphatic rings. The third kappa shape index (κ3) is 3.27. The average Bonchev–Trinajstić information content (AvgIpc) is 2.44. The molecular formula is C15H13N3O2. The zero-order chi connectivity index (χ0) is 14.5. The van der Waals surface area contributed by atoms with Crippen molar-refractivity contribution < 1.29 is 9.53 Å². The third-order valence-corrected chi connectivity index (χ3v) is 2.67. The molecule has 5 nitrogen and oxygen atoms in total. The van der Waals surface area contributed by atoms with Crippen molar-refractivity contribution in [1.29, 1.82) is 5.26 Å². The van der Waals surface area contributed by atoms with Crippen molar-refractivity contribution >= 4 is 17.3 Å². The number of carbonyl (C=O) groups excluding carboxylic acids is 1. The number of nitrogens with zero attached hydrogens (tertiary/aromatic N) is 1. The van der Waals surface area contributed by atoms with E-state index in [0.29, 0.717) is 22.5 Å². The van der Waals surface area contributed by atoms with Gasteiger partial charge in [0.1, 0.15) is 6.61 Å². The van der Waals surface area contributed by atoms with E-state index in [2.05, 4.69) is 0 Å². The number of rotatable bonds is 3. The molecule has 0 fully saturated rings. The first-order valence-electron chi connectivity index (χ1n) is 5.90. The minimum absolute atomic E-state index is 0.124. The maximum absolute atomic E-state index is 11.9. The van der Waals surface area contributed by atoms with E-state index >= 15 is 0 Å². The van der Waals surface area contributed by atoms with Crippen LogP contribution in [-0.2, 0) is 11.3 Å². The van der Waals surface area contributed by atoms with Gasteiger partial charge in [-0.3, -0.25) is 0 Å². The van der Waals surface area contributed by atoms with Gasteiger partial charge in [-0.1, -0.05) is 12.1 Å². The summed E-state index contributed by atoms with van der Waals surface area (Å²) < 4.78 is 5.16. The van der Waals surface area contributed by atoms with Crippen LogP contribution in [0, 0.1) is 11.3 Å². The van der Waals surface area contributed by atoms with Crippen LogP contribution in [0.15, 0.2) is 42.5 Å². The first kappa shape index (κ1) is 13.4. The first-order chi connectivity index (χ1) is 9.58. The van der Waals surface area contributed by atoms with Gasteiger partial charge in [0, 0.05) is 11.4 Å². The highest BCUT2D eigenvalue weighted by molar-refractivity contribution is 5.91. The van der Waals surface area contributed by atoms with Gasteiger partial charge in [0.2, 0.25) is 0 Å². The molecule has 2 aromatic carbocycles. The molecular weight excluding hydrogens is 254 g/mol. The van der Waals surface area contributed by atoms with Crippen LogP contribution in [0.2, 0.25) is 0 Å². The maximum Gasteiger partial charge on any atom is 0.338 e. The molecule has 0 unspecified atom stereocenters. The molecule has 0 saturated heterocycles. The Labute approximate surface area is 116 Å². The molecule has 100 valence electrons. The zero-order valence-corrected chi connectivity index (χ0v) is 10.7. The van der Waals surface area contributed by atoms with Crippen molar-refractivity contribution in [3.8, 4) is 6.07 Å². The normalized spacial score (nSPS) is 9.75. The van der Waals surface area contributed by atoms with Gasteiger partial charge >= 0.3 is 5.97 Å². The van der Waals surface area contributed by atoms with Crippen LogP contribution < -0.4 is 11.5 Å². The average molecular weight is 267 g/mol. The summed E-state index contributed by atoms with van der Waals surface area (Å²) in [7, 11) is 0. The number of nitriles is 1. The summed E-state index contributed by atoms with van der Waals surface area (Å²) >= 11 is 0. The second kappa shape index (κ2) is 5.76. The number of anilines is 2. The van der Waals surface area contributed by atoms with Crippen molar-refractivity contribution in [3.05, 3.63) is 59.2 Å². The van der Waals surface area contributed by atoms with Gasteiger partial charge in [-0.25, -0.2) is 4.79 Å². The Balaban J connectivity index is 2.02. The lowest BCUT2D eigenvalue weighted by atomic mass is 10.1. The second-order valence-electron chi connectivity index (χ2n) is 4.27. The molecule has 0 spiro atoms. The summed E-state index contributed by atoms with van der Waals surface area (Å²) in [5.41, 5.74) is 13.7. The Kier molecular flexibility index (Phi) is 3.87. The summed E-state index contributed by atoms with van der Waals surface area (Å²) in [6, 6.07) is 13.4. The highest BCUT2D eigenvalue weighted by Gasteiger charge is 2.09. The van der Waals surface area contributed by atoms with Gasteiger partial charge in [0.05, 0.1) is 17.2 Å². The lowest BCUT2D eigenvalue weighted by Gasteiger charge is -2.06. The number of esters is 1. The molecule has 0 radical (unpaired) electrons. The number of benzene rings is 2. The summed E-state index contributed by atoms with van der Waals surface area (Å²) in [5, 5.41) is 8.69. The Bertz CT molecular complexity index is 652. The molecule has 0 aliphatic heterocycles. The quantitative estimate of drug-likeness (QED) is 0.654. The number of carbonyl (C=O) groups is 1. The number of nitrogens with two attached hydrogens (primary N) is 2. The Morgan fingerprint density at radius 2 is 1.70 bits per heavy atom. The lowest BCUT2D eigenvalue weighted by Crippen LogP contribution is -2.06. The minimum atomic E-state index is -0.492. The van der Waals surface area contributed by atoms with Gasteiger partial charge in [-0.05, 0) is 35.9 Å². The fraction of sp³-hybridized carbons (Fsp3) is 0.0667. The van der Waals surface area contributed by atoms with Crippen molar-refractivity contribution in [1.82, 2.24) is 0 Å². The van der Waals surface area contributed by atoms with E-state index in [4.69, 9.17) is 21.5 Å². The van der Waals surface area contributed by atoms with Crippen LogP contribution in [0.5, 0.6) is 0 Å². The summed E-state index contributed by atoms with van der Waals surface area (Å²) in [5.74, 6) is -0.492. The van der Waals surface area contributed by atoms with Crippen LogP contribution in [0.3, 0.4) is 0 Å². The molecule has 0 aromatic heterocycles. The van der Waals surface area contributed by atoms with Crippen molar-refractivity contribution in [2.45, 2.75) is 6.61 Å². The molecule has 0 bridgehead atoms. The molecule has 0 atom stereocenters. The van der Waals surface area contributed by atoms with Gasteiger partial charge in [-0.2, -0.15) is 5.26 Å². The Morgan fingerprint density at radius 1 is 1.10 bits per heavy atom. The topological polar surface area (TPSA) is 102 Å². The molecule has 20 heavy (non-hydrogen) atoms. The number of nitrogen functional groups attached to an aromatic ring is 2. The maximum atomic E-state index is 11.9. The smallest absolute Gasteiger partial charge is 0.338 e. The fourth-order valence-electron chi connectivity index (χ4n) is 1.70. The fourth-order valence-corrected chi connectivity index (χ4v) is 1.70. The number of hydrogen-bond donors (Lipinski definition) is 2. The van der Waals surface area contributed by atoms with E-state index in [1.807, 2.05) is 6.07 Å². The van der Waals surface area contributed by atoms with Crippen molar-refractivity contribution in [3.63, 3.8) is 0 Å². The Hall–Kier alpha value is -3.00. The monoisotopic (exact) mass is 267 g/mol. The molecule has 0 amide bonds. The third-order valence-electron chi connectivity index (χ3n) is 2.67. The van der Waals surface area contributed by atoms with E-state index in [1.165, 1.54) is 12.1 Å². The zero-order valence-electron chi connectivity index (χ0n) is 10.7. The van der Waals surface area contributed by atoms with Crippen LogP contribution >= 0.6 is 0 Å². The molecule has 4 N–H and O–H groups in total. The van der Waals surface area contributed by atoms with Crippen LogP contribution in [0.4, 0.5) is 11.4 Å². The van der Waals surface area contributed by atoms with Crippen molar-refractivity contribution in [2.75, 3.05) is 11.5 Å². The van der Waals surface area contributed by atoms with Crippen molar-refractivity contribution in [2.24, 2.45) is 0 Å². The summed E-state index contributed by atoms with van der Waals surface area (Å²) in [6.45, 7) is 0.124. The van der Waals surface area contributed by atoms with Gasteiger partial charge in [-0.15, -0.1) is 0 Å². The predicted octanol–water partition coefficient (Wildman–Crippen LogP) is 2.08.